The molecule has 5 rings (SSSR count). The van der Waals surface area contributed by atoms with Crippen LogP contribution < -0.4 is 4.90 Å². The molecule has 0 aliphatic rings. The number of carbonyl (C=O) groups excluding carboxylic acids is 1. The molecule has 204 valence electrons. The Morgan fingerprint density at radius 2 is 1.74 bits per heavy atom. The first-order valence-corrected chi connectivity index (χ1v) is 14.5. The number of thiazole rings is 1. The zero-order valence-electron chi connectivity index (χ0n) is 22.1. The first kappa shape index (κ1) is 28.9. The van der Waals surface area contributed by atoms with Gasteiger partial charge in [0, 0.05) is 22.9 Å². The number of aromatic nitrogens is 3. The second kappa shape index (κ2) is 12.8. The molecule has 0 aliphatic heterocycles. The van der Waals surface area contributed by atoms with Crippen LogP contribution in [0.2, 0.25) is 0 Å². The highest BCUT2D eigenvalue weighted by molar-refractivity contribution is 7.20. The van der Waals surface area contributed by atoms with Crippen molar-refractivity contribution in [3.8, 4) is 16.9 Å². The highest BCUT2D eigenvalue weighted by atomic mass is 35.5. The van der Waals surface area contributed by atoms with Gasteiger partial charge in [-0.05, 0) is 75.4 Å². The smallest absolute Gasteiger partial charge is 0.270 e. The number of nitrogens with zero attached hydrogens (tertiary/aromatic N) is 5. The molecule has 5 aromatic rings. The molecule has 0 aliphatic carbocycles. The number of thiophene rings is 1. The molecule has 0 radical (unpaired) electrons. The molecule has 6 nitrogen and oxygen atoms in total. The number of halogens is 2. The van der Waals surface area contributed by atoms with Crippen molar-refractivity contribution in [2.45, 2.75) is 27.2 Å². The number of carbonyl (C=O) groups is 1. The summed E-state index contributed by atoms with van der Waals surface area (Å²) in [5.74, 6) is -0.351. The van der Waals surface area contributed by atoms with Crippen molar-refractivity contribution < 1.29 is 9.18 Å². The van der Waals surface area contributed by atoms with Gasteiger partial charge in [0.15, 0.2) is 5.13 Å². The van der Waals surface area contributed by atoms with Gasteiger partial charge in [0.1, 0.15) is 10.6 Å². The van der Waals surface area contributed by atoms with Crippen LogP contribution >= 0.6 is 35.1 Å². The molecule has 10 heteroatoms. The lowest BCUT2D eigenvalue weighted by Crippen LogP contribution is -2.34. The topological polar surface area (TPSA) is 54.3 Å². The summed E-state index contributed by atoms with van der Waals surface area (Å²) in [6.07, 6.45) is 0.834. The van der Waals surface area contributed by atoms with Crippen LogP contribution in [0.5, 0.6) is 0 Å². The van der Waals surface area contributed by atoms with E-state index in [1.165, 1.54) is 34.8 Å². The van der Waals surface area contributed by atoms with Crippen LogP contribution in [0, 0.1) is 12.7 Å². The minimum Gasteiger partial charge on any atom is -0.304 e. The lowest BCUT2D eigenvalue weighted by atomic mass is 10.2. The summed E-state index contributed by atoms with van der Waals surface area (Å²) in [7, 11) is 0. The van der Waals surface area contributed by atoms with Gasteiger partial charge in [0.25, 0.3) is 5.91 Å². The Balaban J connectivity index is 0.00000353. The third-order valence-electron chi connectivity index (χ3n) is 6.61. The Labute approximate surface area is 242 Å². The van der Waals surface area contributed by atoms with Gasteiger partial charge in [-0.2, -0.15) is 5.10 Å². The second-order valence-corrected chi connectivity index (χ2v) is 10.9. The van der Waals surface area contributed by atoms with Crippen molar-refractivity contribution in [1.29, 1.82) is 0 Å². The van der Waals surface area contributed by atoms with E-state index in [1.54, 1.807) is 17.0 Å². The summed E-state index contributed by atoms with van der Waals surface area (Å²) >= 11 is 2.89. The molecule has 0 bridgehead atoms. The molecule has 0 N–H and O–H groups in total. The first-order chi connectivity index (χ1) is 18.5. The zero-order valence-corrected chi connectivity index (χ0v) is 24.6. The molecule has 0 fully saturated rings. The second-order valence-electron chi connectivity index (χ2n) is 9.02. The van der Waals surface area contributed by atoms with Crippen molar-refractivity contribution >= 4 is 56.3 Å². The van der Waals surface area contributed by atoms with Crippen molar-refractivity contribution in [3.05, 3.63) is 82.4 Å². The maximum Gasteiger partial charge on any atom is 0.270 e. The maximum absolute atomic E-state index is 14.0. The minimum atomic E-state index is -0.286. The standard InChI is InChI=1S/C29H30FN5OS2.ClH/c1-4-33(5-2)16-9-17-34(29-31-25(19-37-29)21-12-14-22(30)15-13-21)27(36)26-18-24-20(3)32-35(28(24)38-26)23-10-7-6-8-11-23;/h6-8,10-15,18-19H,4-5,9,16-17H2,1-3H3;1H. The summed E-state index contributed by atoms with van der Waals surface area (Å²) in [6.45, 7) is 9.69. The van der Waals surface area contributed by atoms with E-state index in [4.69, 9.17) is 10.1 Å². The fourth-order valence-corrected chi connectivity index (χ4v) is 6.44. The van der Waals surface area contributed by atoms with E-state index < -0.39 is 0 Å². The first-order valence-electron chi connectivity index (χ1n) is 12.8. The molecule has 0 saturated carbocycles. The number of anilines is 1. The van der Waals surface area contributed by atoms with Crippen LogP contribution in [0.1, 0.15) is 35.6 Å². The lowest BCUT2D eigenvalue weighted by Gasteiger charge is -2.22. The summed E-state index contributed by atoms with van der Waals surface area (Å²) in [4.78, 5) is 24.5. The minimum absolute atomic E-state index is 0. The average Bonchev–Trinajstić information content (AvgIpc) is 3.67. The van der Waals surface area contributed by atoms with Gasteiger partial charge >= 0.3 is 0 Å². The van der Waals surface area contributed by atoms with E-state index in [2.05, 4.69) is 18.7 Å². The number of benzene rings is 2. The number of aryl methyl sites for hydroxylation is 1. The zero-order chi connectivity index (χ0) is 26.6. The normalized spacial score (nSPS) is 11.2. The Hall–Kier alpha value is -3.11. The largest absolute Gasteiger partial charge is 0.304 e. The Morgan fingerprint density at radius 3 is 2.44 bits per heavy atom. The molecule has 1 amide bonds. The molecule has 3 aromatic heterocycles. The van der Waals surface area contributed by atoms with Gasteiger partial charge < -0.3 is 4.90 Å². The average molecular weight is 584 g/mol. The van der Waals surface area contributed by atoms with E-state index >= 15 is 0 Å². The summed E-state index contributed by atoms with van der Waals surface area (Å²) < 4.78 is 15.3. The lowest BCUT2D eigenvalue weighted by molar-refractivity contribution is 0.0989. The van der Waals surface area contributed by atoms with Crippen LogP contribution in [0.15, 0.2) is 66.0 Å². The number of rotatable bonds is 10. The monoisotopic (exact) mass is 583 g/mol. The Kier molecular flexibility index (Phi) is 9.50. The fourth-order valence-electron chi connectivity index (χ4n) is 4.45. The number of hydrogen-bond donors (Lipinski definition) is 0. The van der Waals surface area contributed by atoms with Gasteiger partial charge in [0.05, 0.1) is 22.0 Å². The Bertz CT molecular complexity index is 1530. The predicted octanol–water partition coefficient (Wildman–Crippen LogP) is 7.46. The molecular weight excluding hydrogens is 553 g/mol. The van der Waals surface area contributed by atoms with Crippen LogP contribution in [0.3, 0.4) is 0 Å². The third-order valence-corrected chi connectivity index (χ3v) is 8.58. The Morgan fingerprint density at radius 1 is 1.03 bits per heavy atom. The van der Waals surface area contributed by atoms with E-state index in [-0.39, 0.29) is 24.1 Å². The van der Waals surface area contributed by atoms with Gasteiger partial charge in [-0.25, -0.2) is 14.1 Å². The van der Waals surface area contributed by atoms with Gasteiger partial charge in [-0.15, -0.1) is 35.1 Å². The summed E-state index contributed by atoms with van der Waals surface area (Å²) in [6, 6.07) is 18.2. The summed E-state index contributed by atoms with van der Waals surface area (Å²) in [5, 5.41) is 8.27. The van der Waals surface area contributed by atoms with Gasteiger partial charge in [-0.1, -0.05) is 32.0 Å². The van der Waals surface area contributed by atoms with E-state index in [1.807, 2.05) is 53.4 Å². The molecule has 0 unspecified atom stereocenters. The quantitative estimate of drug-likeness (QED) is 0.171. The predicted molar refractivity (Wildman–Crippen MR) is 163 cm³/mol. The third kappa shape index (κ3) is 6.22. The molecule has 3 heterocycles. The molecule has 0 saturated heterocycles. The van der Waals surface area contributed by atoms with Crippen LogP contribution in [-0.2, 0) is 0 Å². The molecule has 39 heavy (non-hydrogen) atoms. The van der Waals surface area contributed by atoms with E-state index in [0.717, 1.165) is 58.9 Å². The number of fused-ring (bicyclic) bond motifs is 1. The van der Waals surface area contributed by atoms with E-state index in [0.29, 0.717) is 16.6 Å². The van der Waals surface area contributed by atoms with Crippen molar-refractivity contribution in [3.63, 3.8) is 0 Å². The summed E-state index contributed by atoms with van der Waals surface area (Å²) in [5.41, 5.74) is 3.41. The van der Waals surface area contributed by atoms with Crippen LogP contribution in [-0.4, -0.2) is 51.8 Å². The number of hydrogen-bond acceptors (Lipinski definition) is 6. The van der Waals surface area contributed by atoms with E-state index in [9.17, 15) is 9.18 Å². The molecule has 0 atom stereocenters. The van der Waals surface area contributed by atoms with Gasteiger partial charge in [0.2, 0.25) is 0 Å². The van der Waals surface area contributed by atoms with Crippen molar-refractivity contribution in [2.24, 2.45) is 0 Å². The molecular formula is C29H31ClFN5OS2. The highest BCUT2D eigenvalue weighted by Crippen LogP contribution is 2.34. The van der Waals surface area contributed by atoms with Gasteiger partial charge in [-0.3, -0.25) is 9.69 Å². The van der Waals surface area contributed by atoms with Crippen molar-refractivity contribution in [2.75, 3.05) is 31.1 Å². The van der Waals surface area contributed by atoms with Crippen LogP contribution in [0.4, 0.5) is 9.52 Å². The molecule has 2 aromatic carbocycles. The van der Waals surface area contributed by atoms with Crippen LogP contribution in [0.25, 0.3) is 27.2 Å². The fraction of sp³-hybridized carbons (Fsp3) is 0.276. The SMILES string of the molecule is CCN(CC)CCCN(C(=O)c1cc2c(C)nn(-c3ccccc3)c2s1)c1nc(-c2ccc(F)cc2)cs1.Cl. The number of para-hydroxylation sites is 1. The van der Waals surface area contributed by atoms with Crippen molar-refractivity contribution in [1.82, 2.24) is 19.7 Å². The number of amides is 1. The molecule has 0 spiro atoms. The highest BCUT2D eigenvalue weighted by Gasteiger charge is 2.25. The maximum atomic E-state index is 14.0.